The summed E-state index contributed by atoms with van der Waals surface area (Å²) in [5.74, 6) is 5.46. The maximum Gasteiger partial charge on any atom is 0.0387 e. The van der Waals surface area contributed by atoms with Crippen LogP contribution in [0.2, 0.25) is 0 Å². The Bertz CT molecular complexity index is 278. The van der Waals surface area contributed by atoms with Crippen LogP contribution < -0.4 is 0 Å². The molecule has 0 spiro atoms. The summed E-state index contributed by atoms with van der Waals surface area (Å²) in [5.41, 5.74) is 0.984. The van der Waals surface area contributed by atoms with Crippen molar-refractivity contribution in [3.8, 4) is 11.8 Å². The normalized spacial score (nSPS) is 8.20. The van der Waals surface area contributed by atoms with Crippen LogP contribution in [-0.4, -0.2) is 0 Å². The van der Waals surface area contributed by atoms with Gasteiger partial charge >= 0.3 is 0 Å². The first-order valence-electron chi connectivity index (χ1n) is 2.87. The number of hydrogen-bond donors (Lipinski definition) is 0. The third-order valence-electron chi connectivity index (χ3n) is 1.10. The molecule has 1 aromatic rings. The van der Waals surface area contributed by atoms with Crippen LogP contribution in [0.3, 0.4) is 0 Å². The van der Waals surface area contributed by atoms with Crippen molar-refractivity contribution in [2.75, 3.05) is 0 Å². The Balaban J connectivity index is 3.11. The number of hydrogen-bond acceptors (Lipinski definition) is 0. The van der Waals surface area contributed by atoms with Crippen LogP contribution in [0.5, 0.6) is 0 Å². The van der Waals surface area contributed by atoms with Crippen molar-refractivity contribution in [2.24, 2.45) is 0 Å². The summed E-state index contributed by atoms with van der Waals surface area (Å²) in [4.78, 5) is 0. The zero-order chi connectivity index (χ0) is 7.40. The van der Waals surface area contributed by atoms with Crippen LogP contribution in [-0.2, 0) is 0 Å². The molecular weight excluding hydrogens is 188 g/mol. The van der Waals surface area contributed by atoms with Gasteiger partial charge in [0.25, 0.3) is 0 Å². The fourth-order valence-corrected chi connectivity index (χ4v) is 1.04. The minimum atomic E-state index is 0.984. The highest BCUT2D eigenvalue weighted by Crippen LogP contribution is 2.13. The van der Waals surface area contributed by atoms with Crippen molar-refractivity contribution >= 4 is 15.9 Å². The van der Waals surface area contributed by atoms with Crippen molar-refractivity contribution in [1.29, 1.82) is 0 Å². The summed E-state index contributed by atoms with van der Waals surface area (Å²) in [6.07, 6.45) is 0. The van der Waals surface area contributed by atoms with Gasteiger partial charge in [0.05, 0.1) is 0 Å². The maximum atomic E-state index is 3.44. The molecule has 0 N–H and O–H groups in total. The van der Waals surface area contributed by atoms with Crippen LogP contribution in [0.1, 0.15) is 5.56 Å². The Morgan fingerprint density at radius 2 is 2.00 bits per heavy atom. The average Bonchev–Trinajstić information content (AvgIpc) is 1.94. The average molecular weight is 194 g/mol. The molecule has 0 heterocycles. The predicted octanol–water partition coefficient (Wildman–Crippen LogP) is 2.63. The maximum absolute atomic E-state index is 3.44. The van der Waals surface area contributed by atoms with Gasteiger partial charge in [0.1, 0.15) is 0 Å². The minimum absolute atomic E-state index is 0.984. The Morgan fingerprint density at radius 1 is 1.30 bits per heavy atom. The lowest BCUT2D eigenvalue weighted by molar-refractivity contribution is 1.59. The van der Waals surface area contributed by atoms with Gasteiger partial charge in [-0.05, 0) is 28.1 Å². The highest BCUT2D eigenvalue weighted by molar-refractivity contribution is 9.10. The Kier molecular flexibility index (Phi) is 2.53. The molecule has 10 heavy (non-hydrogen) atoms. The second-order valence-corrected chi connectivity index (χ2v) is 2.64. The summed E-state index contributed by atoms with van der Waals surface area (Å²) in [6.45, 7) is 3.44. The lowest BCUT2D eigenvalue weighted by Gasteiger charge is -1.91. The highest BCUT2D eigenvalue weighted by Gasteiger charge is 1.90. The van der Waals surface area contributed by atoms with E-state index >= 15 is 0 Å². The van der Waals surface area contributed by atoms with Crippen LogP contribution >= 0.6 is 15.9 Å². The molecular formula is C9H6Br. The van der Waals surface area contributed by atoms with Crippen LogP contribution in [0.15, 0.2) is 28.7 Å². The molecule has 0 saturated heterocycles. The van der Waals surface area contributed by atoms with Gasteiger partial charge in [0.15, 0.2) is 0 Å². The van der Waals surface area contributed by atoms with Gasteiger partial charge in [-0.15, -0.1) is 0 Å². The molecule has 1 heteroatoms. The number of rotatable bonds is 0. The molecule has 1 rings (SSSR count). The van der Waals surface area contributed by atoms with Crippen molar-refractivity contribution in [2.45, 2.75) is 0 Å². The van der Waals surface area contributed by atoms with E-state index in [0.717, 1.165) is 10.0 Å². The zero-order valence-corrected chi connectivity index (χ0v) is 6.98. The Labute approximate surface area is 69.4 Å². The van der Waals surface area contributed by atoms with Crippen LogP contribution in [0.4, 0.5) is 0 Å². The predicted molar refractivity (Wildman–Crippen MR) is 46.4 cm³/mol. The Morgan fingerprint density at radius 3 is 2.60 bits per heavy atom. The fourth-order valence-electron chi connectivity index (χ4n) is 0.658. The van der Waals surface area contributed by atoms with Gasteiger partial charge < -0.3 is 0 Å². The van der Waals surface area contributed by atoms with E-state index in [0.29, 0.717) is 0 Å². The molecule has 0 fully saturated rings. The van der Waals surface area contributed by atoms with E-state index < -0.39 is 0 Å². The van der Waals surface area contributed by atoms with Crippen molar-refractivity contribution in [1.82, 2.24) is 0 Å². The minimum Gasteiger partial charge on any atom is -0.0969 e. The monoisotopic (exact) mass is 193 g/mol. The molecule has 0 aliphatic rings. The molecule has 0 saturated carbocycles. The molecule has 0 aliphatic heterocycles. The Hall–Kier alpha value is -0.740. The SMILES string of the molecule is [CH2]C#Cc1ccccc1Br. The highest BCUT2D eigenvalue weighted by atomic mass is 79.9. The van der Waals surface area contributed by atoms with E-state index in [1.165, 1.54) is 0 Å². The van der Waals surface area contributed by atoms with Gasteiger partial charge in [0.2, 0.25) is 0 Å². The molecule has 0 unspecified atom stereocenters. The number of halogens is 1. The third kappa shape index (κ3) is 1.62. The van der Waals surface area contributed by atoms with E-state index in [1.54, 1.807) is 0 Å². The topological polar surface area (TPSA) is 0 Å². The first kappa shape index (κ1) is 7.37. The van der Waals surface area contributed by atoms with E-state index in [-0.39, 0.29) is 0 Å². The molecule has 0 nitrogen and oxygen atoms in total. The molecule has 49 valence electrons. The zero-order valence-electron chi connectivity index (χ0n) is 5.39. The molecule has 1 aromatic carbocycles. The van der Waals surface area contributed by atoms with Gasteiger partial charge in [-0.25, -0.2) is 0 Å². The van der Waals surface area contributed by atoms with Gasteiger partial charge in [-0.3, -0.25) is 0 Å². The summed E-state index contributed by atoms with van der Waals surface area (Å²) in [5, 5.41) is 0. The molecule has 1 radical (unpaired) electrons. The fraction of sp³-hybridized carbons (Fsp3) is 0. The summed E-state index contributed by atoms with van der Waals surface area (Å²) < 4.78 is 1.02. The number of benzene rings is 1. The van der Waals surface area contributed by atoms with E-state index in [4.69, 9.17) is 0 Å². The second kappa shape index (κ2) is 3.43. The quantitative estimate of drug-likeness (QED) is 0.557. The molecule has 0 bridgehead atoms. The van der Waals surface area contributed by atoms with E-state index in [2.05, 4.69) is 34.7 Å². The van der Waals surface area contributed by atoms with E-state index in [9.17, 15) is 0 Å². The van der Waals surface area contributed by atoms with Crippen LogP contribution in [0.25, 0.3) is 0 Å². The van der Waals surface area contributed by atoms with Crippen molar-refractivity contribution in [3.63, 3.8) is 0 Å². The molecule has 0 aliphatic carbocycles. The lowest BCUT2D eigenvalue weighted by atomic mass is 10.2. The van der Waals surface area contributed by atoms with Gasteiger partial charge in [-0.1, -0.05) is 24.0 Å². The first-order valence-corrected chi connectivity index (χ1v) is 3.66. The molecule has 0 amide bonds. The largest absolute Gasteiger partial charge is 0.0969 e. The smallest absolute Gasteiger partial charge is 0.0387 e. The molecule has 0 aromatic heterocycles. The van der Waals surface area contributed by atoms with Gasteiger partial charge in [0, 0.05) is 17.0 Å². The lowest BCUT2D eigenvalue weighted by Crippen LogP contribution is -1.73. The van der Waals surface area contributed by atoms with Crippen molar-refractivity contribution in [3.05, 3.63) is 41.2 Å². The third-order valence-corrected chi connectivity index (χ3v) is 1.79. The summed E-state index contributed by atoms with van der Waals surface area (Å²) in [7, 11) is 0. The second-order valence-electron chi connectivity index (χ2n) is 1.78. The standard InChI is InChI=1S/C9H6Br/c1-2-5-8-6-3-4-7-9(8)10/h3-4,6-7H,1H2. The van der Waals surface area contributed by atoms with Gasteiger partial charge in [-0.2, -0.15) is 0 Å². The molecule has 0 atom stereocenters. The van der Waals surface area contributed by atoms with E-state index in [1.807, 2.05) is 24.3 Å². The van der Waals surface area contributed by atoms with Crippen LogP contribution in [0, 0.1) is 18.8 Å². The summed E-state index contributed by atoms with van der Waals surface area (Å²) >= 11 is 3.37. The van der Waals surface area contributed by atoms with Crippen molar-refractivity contribution < 1.29 is 0 Å². The summed E-state index contributed by atoms with van der Waals surface area (Å²) in [6, 6.07) is 7.81. The first-order chi connectivity index (χ1) is 4.84.